The van der Waals surface area contributed by atoms with Crippen LogP contribution in [0.5, 0.6) is 0 Å². The molecule has 1 aromatic carbocycles. The molecule has 0 amide bonds. The second-order valence-corrected chi connectivity index (χ2v) is 4.64. The van der Waals surface area contributed by atoms with Gasteiger partial charge < -0.3 is 0 Å². The predicted octanol–water partition coefficient (Wildman–Crippen LogP) is 3.82. The molecule has 0 radical (unpaired) electrons. The van der Waals surface area contributed by atoms with Gasteiger partial charge in [0.2, 0.25) is 0 Å². The Balaban J connectivity index is 2.14. The number of allylic oxidation sites excluding steroid dienone is 2. The molecule has 1 unspecified atom stereocenters. The molecule has 0 heteroatoms. The van der Waals surface area contributed by atoms with E-state index in [1.165, 1.54) is 25.7 Å². The van der Waals surface area contributed by atoms with Crippen molar-refractivity contribution in [1.29, 1.82) is 0 Å². The van der Waals surface area contributed by atoms with Crippen LogP contribution in [0.3, 0.4) is 0 Å². The third-order valence-corrected chi connectivity index (χ3v) is 3.70. The summed E-state index contributed by atoms with van der Waals surface area (Å²) in [5.74, 6) is 0.794. The van der Waals surface area contributed by atoms with E-state index in [1.54, 1.807) is 22.3 Å². The van der Waals surface area contributed by atoms with Crippen molar-refractivity contribution in [3.05, 3.63) is 41.0 Å². The average Bonchev–Trinajstić information content (AvgIpc) is 2.57. The molecule has 1 atom stereocenters. The number of rotatable bonds is 0. The van der Waals surface area contributed by atoms with Crippen molar-refractivity contribution in [2.75, 3.05) is 0 Å². The van der Waals surface area contributed by atoms with Crippen molar-refractivity contribution < 1.29 is 0 Å². The van der Waals surface area contributed by atoms with E-state index in [4.69, 9.17) is 0 Å². The van der Waals surface area contributed by atoms with Gasteiger partial charge in [0.25, 0.3) is 0 Å². The predicted molar refractivity (Wildman–Crippen MR) is 60.1 cm³/mol. The van der Waals surface area contributed by atoms with E-state index in [9.17, 15) is 0 Å². The van der Waals surface area contributed by atoms with Gasteiger partial charge in [0, 0.05) is 0 Å². The second kappa shape index (κ2) is 2.98. The lowest BCUT2D eigenvalue weighted by molar-refractivity contribution is 0.586. The zero-order valence-corrected chi connectivity index (χ0v) is 8.72. The molecule has 0 fully saturated rings. The van der Waals surface area contributed by atoms with E-state index in [-0.39, 0.29) is 0 Å². The fraction of sp³-hybridized carbons (Fsp3) is 0.429. The summed E-state index contributed by atoms with van der Waals surface area (Å²) in [6.07, 6.45) is 5.35. The van der Waals surface area contributed by atoms with Crippen molar-refractivity contribution >= 4 is 5.57 Å². The Hall–Kier alpha value is -1.04. The smallest absolute Gasteiger partial charge is 0.00549 e. The van der Waals surface area contributed by atoms with Crippen molar-refractivity contribution in [2.45, 2.75) is 32.6 Å². The summed E-state index contributed by atoms with van der Waals surface area (Å²) < 4.78 is 0. The first-order valence-electron chi connectivity index (χ1n) is 5.66. The van der Waals surface area contributed by atoms with Crippen LogP contribution in [0.15, 0.2) is 29.8 Å². The molecule has 3 rings (SSSR count). The number of benzene rings is 1. The molecule has 0 N–H and O–H groups in total. The molecule has 0 saturated heterocycles. The van der Waals surface area contributed by atoms with Crippen molar-refractivity contribution in [2.24, 2.45) is 5.92 Å². The molecule has 0 aliphatic heterocycles. The highest BCUT2D eigenvalue weighted by Gasteiger charge is 2.27. The average molecular weight is 184 g/mol. The van der Waals surface area contributed by atoms with Crippen LogP contribution in [-0.2, 0) is 6.42 Å². The fourth-order valence-corrected chi connectivity index (χ4v) is 3.06. The number of fused-ring (bicyclic) bond motifs is 2. The first-order chi connectivity index (χ1) is 6.86. The molecule has 0 saturated carbocycles. The molecule has 2 aliphatic carbocycles. The van der Waals surface area contributed by atoms with Crippen molar-refractivity contribution in [1.82, 2.24) is 0 Å². The molecule has 0 nitrogen and oxygen atoms in total. The largest absolute Gasteiger partial charge is 0.0619 e. The van der Waals surface area contributed by atoms with Gasteiger partial charge in [-0.1, -0.05) is 36.8 Å². The van der Waals surface area contributed by atoms with E-state index in [2.05, 4.69) is 31.2 Å². The van der Waals surface area contributed by atoms with Crippen LogP contribution in [0.25, 0.3) is 5.57 Å². The molecular formula is C14H16. The molecule has 1 aromatic rings. The quantitative estimate of drug-likeness (QED) is 0.575. The summed E-state index contributed by atoms with van der Waals surface area (Å²) in [7, 11) is 0. The highest BCUT2D eigenvalue weighted by Crippen LogP contribution is 2.44. The molecule has 72 valence electrons. The lowest BCUT2D eigenvalue weighted by atomic mass is 9.84. The van der Waals surface area contributed by atoms with Crippen LogP contribution in [0.1, 0.15) is 37.3 Å². The van der Waals surface area contributed by atoms with Crippen LogP contribution in [-0.4, -0.2) is 0 Å². The SMILES string of the molecule is CC1CCCC2=C1c1ccccc1C2. The van der Waals surface area contributed by atoms with Crippen LogP contribution in [0.2, 0.25) is 0 Å². The summed E-state index contributed by atoms with van der Waals surface area (Å²) in [5.41, 5.74) is 6.53. The molecule has 0 heterocycles. The number of hydrogen-bond donors (Lipinski definition) is 0. The Morgan fingerprint density at radius 1 is 1.21 bits per heavy atom. The minimum atomic E-state index is 0.794. The highest BCUT2D eigenvalue weighted by atomic mass is 14.3. The van der Waals surface area contributed by atoms with Crippen molar-refractivity contribution in [3.63, 3.8) is 0 Å². The van der Waals surface area contributed by atoms with Gasteiger partial charge in [-0.2, -0.15) is 0 Å². The first-order valence-corrected chi connectivity index (χ1v) is 5.66. The van der Waals surface area contributed by atoms with Crippen molar-refractivity contribution in [3.8, 4) is 0 Å². The maximum absolute atomic E-state index is 2.39. The van der Waals surface area contributed by atoms with Gasteiger partial charge in [0.05, 0.1) is 0 Å². The molecule has 0 spiro atoms. The van der Waals surface area contributed by atoms with Gasteiger partial charge in [0.1, 0.15) is 0 Å². The van der Waals surface area contributed by atoms with Gasteiger partial charge in [0.15, 0.2) is 0 Å². The summed E-state index contributed by atoms with van der Waals surface area (Å²) >= 11 is 0. The lowest BCUT2D eigenvalue weighted by Crippen LogP contribution is -2.05. The Morgan fingerprint density at radius 3 is 3.00 bits per heavy atom. The maximum atomic E-state index is 2.39. The zero-order valence-electron chi connectivity index (χ0n) is 8.72. The van der Waals surface area contributed by atoms with Crippen LogP contribution in [0, 0.1) is 5.92 Å². The first kappa shape index (κ1) is 8.28. The molecule has 2 aliphatic rings. The minimum Gasteiger partial charge on any atom is -0.0619 e. The maximum Gasteiger partial charge on any atom is -0.00549 e. The van der Waals surface area contributed by atoms with Gasteiger partial charge >= 0.3 is 0 Å². The Kier molecular flexibility index (Phi) is 1.76. The van der Waals surface area contributed by atoms with Gasteiger partial charge in [-0.15, -0.1) is 0 Å². The van der Waals surface area contributed by atoms with Gasteiger partial charge in [-0.3, -0.25) is 0 Å². The third kappa shape index (κ3) is 1.06. The highest BCUT2D eigenvalue weighted by molar-refractivity contribution is 5.78. The van der Waals surface area contributed by atoms with Crippen LogP contribution in [0.4, 0.5) is 0 Å². The Bertz CT molecular complexity index is 398. The number of hydrogen-bond acceptors (Lipinski definition) is 0. The molecular weight excluding hydrogens is 168 g/mol. The monoisotopic (exact) mass is 184 g/mol. The zero-order chi connectivity index (χ0) is 9.54. The normalized spacial score (nSPS) is 24.8. The summed E-state index contributed by atoms with van der Waals surface area (Å²) in [6, 6.07) is 8.94. The van der Waals surface area contributed by atoms with E-state index in [0.717, 1.165) is 5.92 Å². The molecule has 14 heavy (non-hydrogen) atoms. The van der Waals surface area contributed by atoms with Gasteiger partial charge in [-0.05, 0) is 48.3 Å². The third-order valence-electron chi connectivity index (χ3n) is 3.70. The minimum absolute atomic E-state index is 0.794. The standard InChI is InChI=1S/C14H16/c1-10-5-4-7-12-9-11-6-2-3-8-13(11)14(10)12/h2-3,6,8,10H,4-5,7,9H2,1H3. The molecule has 0 bridgehead atoms. The summed E-state index contributed by atoms with van der Waals surface area (Å²) in [6.45, 7) is 2.39. The van der Waals surface area contributed by atoms with E-state index in [1.807, 2.05) is 0 Å². The second-order valence-electron chi connectivity index (χ2n) is 4.64. The van der Waals surface area contributed by atoms with Crippen LogP contribution < -0.4 is 0 Å². The van der Waals surface area contributed by atoms with Gasteiger partial charge in [-0.25, -0.2) is 0 Å². The summed E-state index contributed by atoms with van der Waals surface area (Å²) in [5, 5.41) is 0. The topological polar surface area (TPSA) is 0 Å². The molecule has 0 aromatic heterocycles. The van der Waals surface area contributed by atoms with Crippen LogP contribution >= 0.6 is 0 Å². The lowest BCUT2D eigenvalue weighted by Gasteiger charge is -2.21. The van der Waals surface area contributed by atoms with E-state index in [0.29, 0.717) is 0 Å². The van der Waals surface area contributed by atoms with E-state index >= 15 is 0 Å². The Morgan fingerprint density at radius 2 is 2.07 bits per heavy atom. The van der Waals surface area contributed by atoms with E-state index < -0.39 is 0 Å². The Labute approximate surface area is 85.6 Å². The fourth-order valence-electron chi connectivity index (χ4n) is 3.06. The summed E-state index contributed by atoms with van der Waals surface area (Å²) in [4.78, 5) is 0.